The van der Waals surface area contributed by atoms with Gasteiger partial charge in [-0.2, -0.15) is 0 Å². The van der Waals surface area contributed by atoms with Gasteiger partial charge in [0.2, 0.25) is 0 Å². The zero-order valence-corrected chi connectivity index (χ0v) is 31.7. The Morgan fingerprint density at radius 2 is 0.754 bits per heavy atom. The van der Waals surface area contributed by atoms with E-state index in [9.17, 15) is 0 Å². The Morgan fingerprint density at radius 1 is 0.316 bits per heavy atom. The summed E-state index contributed by atoms with van der Waals surface area (Å²) in [6.45, 7) is 0. The Hall–Kier alpha value is -7.00. The van der Waals surface area contributed by atoms with Crippen LogP contribution in [0.15, 0.2) is 200 Å². The van der Waals surface area contributed by atoms with Crippen molar-refractivity contribution in [2.75, 3.05) is 4.90 Å². The standard InChI is InChI=1S/C55H33NS/c1-2-16-38-36(14-1)37-15-3-4-17-39(37)46-32-34(28-30-40(38)46)56(35-29-31-53-47(33-35)44-21-8-12-27-52(44)57-53)51-26-13-22-45-43-20-7-11-25-50(43)55(54(45)51)48-23-9-5-18-41(48)42-19-6-10-24-49(42)55/h1-33H. The number of thiophene rings is 1. The maximum atomic E-state index is 2.56. The van der Waals surface area contributed by atoms with E-state index in [4.69, 9.17) is 0 Å². The topological polar surface area (TPSA) is 3.24 Å². The van der Waals surface area contributed by atoms with Crippen molar-refractivity contribution in [1.29, 1.82) is 0 Å². The van der Waals surface area contributed by atoms with Gasteiger partial charge in [0.15, 0.2) is 0 Å². The summed E-state index contributed by atoms with van der Waals surface area (Å²) in [6, 6.07) is 75.2. The lowest BCUT2D eigenvalue weighted by atomic mass is 9.70. The maximum absolute atomic E-state index is 2.56. The third-order valence-corrected chi connectivity index (χ3v) is 14.0. The first kappa shape index (κ1) is 31.2. The van der Waals surface area contributed by atoms with Gasteiger partial charge in [-0.25, -0.2) is 0 Å². The molecule has 0 saturated heterocycles. The molecular weight excluding hydrogens is 707 g/mol. The number of rotatable bonds is 3. The van der Waals surface area contributed by atoms with E-state index in [0.717, 1.165) is 11.4 Å². The monoisotopic (exact) mass is 739 g/mol. The molecule has 1 spiro atoms. The van der Waals surface area contributed by atoms with Gasteiger partial charge in [0.05, 0.1) is 11.1 Å². The number of benzene rings is 10. The smallest absolute Gasteiger partial charge is 0.0746 e. The Morgan fingerprint density at radius 3 is 1.39 bits per heavy atom. The fraction of sp³-hybridized carbons (Fsp3) is 0.0182. The first-order valence-electron chi connectivity index (χ1n) is 19.8. The molecule has 0 saturated carbocycles. The molecule has 264 valence electrons. The SMILES string of the molecule is c1ccc2c(c1)-c1ccccc1C21c2ccccc2-c2cccc(N(c3ccc4sc5ccccc5c4c3)c3ccc4c5ccccc5c5ccccc5c4c3)c21. The highest BCUT2D eigenvalue weighted by molar-refractivity contribution is 7.25. The number of fused-ring (bicyclic) bond motifs is 19. The molecule has 1 aromatic heterocycles. The summed E-state index contributed by atoms with van der Waals surface area (Å²) in [5.74, 6) is 0. The van der Waals surface area contributed by atoms with E-state index in [1.807, 2.05) is 11.3 Å². The van der Waals surface area contributed by atoms with Gasteiger partial charge in [-0.15, -0.1) is 11.3 Å². The second-order valence-corrected chi connectivity index (χ2v) is 16.6. The quantitative estimate of drug-likeness (QED) is 0.163. The van der Waals surface area contributed by atoms with Crippen LogP contribution in [0.2, 0.25) is 0 Å². The van der Waals surface area contributed by atoms with E-state index in [1.165, 1.54) is 103 Å². The third-order valence-electron chi connectivity index (χ3n) is 12.8. The van der Waals surface area contributed by atoms with E-state index in [-0.39, 0.29) is 0 Å². The number of hydrogen-bond donors (Lipinski definition) is 0. The van der Waals surface area contributed by atoms with Crippen LogP contribution in [0.5, 0.6) is 0 Å². The highest BCUT2D eigenvalue weighted by Gasteiger charge is 2.53. The molecule has 0 amide bonds. The van der Waals surface area contributed by atoms with Crippen LogP contribution in [-0.2, 0) is 5.41 Å². The third kappa shape index (κ3) is 4.07. The van der Waals surface area contributed by atoms with E-state index < -0.39 is 5.41 Å². The minimum Gasteiger partial charge on any atom is -0.310 e. The molecule has 0 aliphatic heterocycles. The number of nitrogens with zero attached hydrogens (tertiary/aromatic N) is 1. The molecule has 1 nitrogen and oxygen atoms in total. The van der Waals surface area contributed by atoms with Crippen molar-refractivity contribution in [2.24, 2.45) is 0 Å². The Bertz CT molecular complexity index is 3400. The van der Waals surface area contributed by atoms with Crippen molar-refractivity contribution in [3.8, 4) is 22.3 Å². The van der Waals surface area contributed by atoms with Crippen LogP contribution < -0.4 is 4.90 Å². The fourth-order valence-corrected chi connectivity index (χ4v) is 11.7. The highest BCUT2D eigenvalue weighted by Crippen LogP contribution is 2.65. The number of hydrogen-bond acceptors (Lipinski definition) is 2. The summed E-state index contributed by atoms with van der Waals surface area (Å²) in [6.07, 6.45) is 0. The molecule has 2 aliphatic rings. The van der Waals surface area contributed by atoms with Crippen LogP contribution in [-0.4, -0.2) is 0 Å². The summed E-state index contributed by atoms with van der Waals surface area (Å²) in [7, 11) is 0. The molecule has 1 heterocycles. The van der Waals surface area contributed by atoms with Gasteiger partial charge in [-0.1, -0.05) is 158 Å². The van der Waals surface area contributed by atoms with E-state index in [0.29, 0.717) is 0 Å². The molecule has 2 aliphatic carbocycles. The van der Waals surface area contributed by atoms with Gasteiger partial charge in [0.1, 0.15) is 0 Å². The van der Waals surface area contributed by atoms with Gasteiger partial charge >= 0.3 is 0 Å². The first-order valence-corrected chi connectivity index (χ1v) is 20.6. The molecule has 11 aromatic rings. The molecule has 0 radical (unpaired) electrons. The van der Waals surface area contributed by atoms with E-state index in [1.54, 1.807) is 0 Å². The van der Waals surface area contributed by atoms with Gasteiger partial charge in [-0.05, 0) is 114 Å². The molecular formula is C55H33NS. The van der Waals surface area contributed by atoms with Crippen LogP contribution in [0.25, 0.3) is 74.7 Å². The Balaban J connectivity index is 1.17. The molecule has 10 aromatic carbocycles. The van der Waals surface area contributed by atoms with E-state index in [2.05, 4.69) is 205 Å². The molecule has 13 rings (SSSR count). The lowest BCUT2D eigenvalue weighted by Gasteiger charge is -2.36. The normalized spacial score (nSPS) is 13.4. The largest absolute Gasteiger partial charge is 0.310 e. The van der Waals surface area contributed by atoms with Crippen LogP contribution >= 0.6 is 11.3 Å². The Labute approximate surface area is 334 Å². The highest BCUT2D eigenvalue weighted by atomic mass is 32.1. The molecule has 0 bridgehead atoms. The van der Waals surface area contributed by atoms with Crippen LogP contribution in [0, 0.1) is 0 Å². The van der Waals surface area contributed by atoms with Crippen LogP contribution in [0.1, 0.15) is 22.3 Å². The van der Waals surface area contributed by atoms with Crippen molar-refractivity contribution in [1.82, 2.24) is 0 Å². The molecule has 0 atom stereocenters. The van der Waals surface area contributed by atoms with Crippen molar-refractivity contribution in [3.63, 3.8) is 0 Å². The van der Waals surface area contributed by atoms with Gasteiger partial charge in [-0.3, -0.25) is 0 Å². The Kier molecular flexibility index (Phi) is 6.31. The lowest BCUT2D eigenvalue weighted by molar-refractivity contribution is 0.793. The first-order chi connectivity index (χ1) is 28.3. The molecule has 0 fully saturated rings. The second kappa shape index (κ2) is 11.5. The zero-order chi connectivity index (χ0) is 37.2. The van der Waals surface area contributed by atoms with Crippen LogP contribution in [0.4, 0.5) is 17.1 Å². The molecule has 2 heteroatoms. The zero-order valence-electron chi connectivity index (χ0n) is 30.9. The van der Waals surface area contributed by atoms with Crippen molar-refractivity contribution >= 4 is 80.9 Å². The summed E-state index contributed by atoms with van der Waals surface area (Å²) >= 11 is 1.87. The fourth-order valence-electron chi connectivity index (χ4n) is 10.6. The maximum Gasteiger partial charge on any atom is 0.0746 e. The summed E-state index contributed by atoms with van der Waals surface area (Å²) in [5, 5.41) is 10.2. The average Bonchev–Trinajstić information content (AvgIpc) is 3.91. The van der Waals surface area contributed by atoms with Gasteiger partial charge in [0, 0.05) is 37.1 Å². The van der Waals surface area contributed by atoms with Crippen molar-refractivity contribution in [3.05, 3.63) is 222 Å². The lowest BCUT2D eigenvalue weighted by Crippen LogP contribution is -2.28. The van der Waals surface area contributed by atoms with Gasteiger partial charge < -0.3 is 4.90 Å². The molecule has 0 N–H and O–H groups in total. The second-order valence-electron chi connectivity index (χ2n) is 15.5. The molecule has 0 unspecified atom stereocenters. The minimum absolute atomic E-state index is 0.493. The predicted molar refractivity (Wildman–Crippen MR) is 243 cm³/mol. The molecule has 57 heavy (non-hydrogen) atoms. The number of anilines is 3. The summed E-state index contributed by atoms with van der Waals surface area (Å²) < 4.78 is 2.62. The predicted octanol–water partition coefficient (Wildman–Crippen LogP) is 15.3. The van der Waals surface area contributed by atoms with Crippen LogP contribution in [0.3, 0.4) is 0 Å². The summed E-state index contributed by atoms with van der Waals surface area (Å²) in [4.78, 5) is 2.56. The minimum atomic E-state index is -0.493. The van der Waals surface area contributed by atoms with Gasteiger partial charge in [0.25, 0.3) is 0 Å². The summed E-state index contributed by atoms with van der Waals surface area (Å²) in [5.41, 5.74) is 13.6. The average molecular weight is 740 g/mol. The van der Waals surface area contributed by atoms with Crippen molar-refractivity contribution in [2.45, 2.75) is 5.41 Å². The van der Waals surface area contributed by atoms with E-state index >= 15 is 0 Å². The van der Waals surface area contributed by atoms with Crippen molar-refractivity contribution < 1.29 is 0 Å².